The fourth-order valence-electron chi connectivity index (χ4n) is 10.0. The average Bonchev–Trinajstić information content (AvgIpc) is 4.20. The number of aliphatic hydroxyl groups is 1. The molecule has 76 heavy (non-hydrogen) atoms. The van der Waals surface area contributed by atoms with Gasteiger partial charge in [0.1, 0.15) is 36.3 Å². The Morgan fingerprint density at radius 3 is 1.84 bits per heavy atom. The van der Waals surface area contributed by atoms with E-state index in [2.05, 4.69) is 16.0 Å². The van der Waals surface area contributed by atoms with E-state index in [0.29, 0.717) is 40.7 Å². The van der Waals surface area contributed by atoms with E-state index < -0.39 is 114 Å². The van der Waals surface area contributed by atoms with Crippen molar-refractivity contribution in [3.05, 3.63) is 71.8 Å². The first-order valence-corrected chi connectivity index (χ1v) is 28.3. The van der Waals surface area contributed by atoms with Crippen LogP contribution < -0.4 is 16.0 Å². The molecule has 4 N–H and O–H groups in total. The van der Waals surface area contributed by atoms with Gasteiger partial charge >= 0.3 is 5.97 Å². The number of cyclic esters (lactones) is 1. The molecule has 2 aromatic rings. The highest BCUT2D eigenvalue weighted by Crippen LogP contribution is 2.30. The predicted molar refractivity (Wildman–Crippen MR) is 294 cm³/mol. The van der Waals surface area contributed by atoms with E-state index in [1.807, 2.05) is 64.1 Å². The number of nitrogens with zero attached hydrogens (tertiary/aromatic N) is 6. The first-order chi connectivity index (χ1) is 36.0. The zero-order valence-corrected chi connectivity index (χ0v) is 47.3. The number of likely N-dealkylation sites (N-methyl/N-ethyl adjacent to an activating group) is 3. The normalized spacial score (nSPS) is 29.8. The van der Waals surface area contributed by atoms with Gasteiger partial charge in [-0.25, -0.2) is 0 Å². The zero-order chi connectivity index (χ0) is 55.7. The zero-order valence-electron chi connectivity index (χ0n) is 45.6. The van der Waals surface area contributed by atoms with Crippen molar-refractivity contribution in [3.8, 4) is 0 Å². The van der Waals surface area contributed by atoms with Crippen LogP contribution in [0.4, 0.5) is 0 Å². The molecule has 4 bridgehead atoms. The van der Waals surface area contributed by atoms with Crippen LogP contribution in [0.2, 0.25) is 0 Å². The molecule has 1 fully saturated rings. The molecule has 19 nitrogen and oxygen atoms in total. The van der Waals surface area contributed by atoms with Gasteiger partial charge in [0.25, 0.3) is 5.91 Å². The maximum absolute atomic E-state index is 15.0. The second kappa shape index (κ2) is 26.5. The second-order valence-corrected chi connectivity index (χ2v) is 23.4. The van der Waals surface area contributed by atoms with Crippen LogP contribution >= 0.6 is 23.5 Å². The Hall–Kier alpha value is -5.80. The molecule has 4 aliphatic rings. The molecule has 2 aromatic carbocycles. The van der Waals surface area contributed by atoms with Crippen molar-refractivity contribution in [3.63, 3.8) is 0 Å². The fraction of sp³-hybridized carbons (Fsp3) is 0.600. The molecular formula is C55H77N9O10S2. The van der Waals surface area contributed by atoms with Gasteiger partial charge in [-0.2, -0.15) is 0 Å². The van der Waals surface area contributed by atoms with Crippen LogP contribution in [-0.2, 0) is 55.9 Å². The number of aliphatic imine (C=N–C) groups is 2. The Morgan fingerprint density at radius 2 is 1.24 bits per heavy atom. The number of carbonyl (C=O) groups excluding carboxylic acids is 8. The summed E-state index contributed by atoms with van der Waals surface area (Å²) in [6.45, 7) is 13.9. The Morgan fingerprint density at radius 1 is 0.658 bits per heavy atom. The van der Waals surface area contributed by atoms with Crippen molar-refractivity contribution in [2.75, 3.05) is 39.2 Å². The van der Waals surface area contributed by atoms with E-state index >= 15 is 0 Å². The number of nitrogens with one attached hydrogen (secondary N) is 3. The number of hydrogen-bond donors (Lipinski definition) is 4. The molecule has 414 valence electrons. The highest BCUT2D eigenvalue weighted by Gasteiger charge is 2.46. The number of ether oxygens (including phenoxy) is 1. The standard InChI is InChI=1S/C55H77N9O10S2/c1-30(2)25-41-47(67)60-44(35(8)65)48(68)56-33(6)32(5)55(73)74-43(27-37-21-16-13-17-22-37)53(71)63(11)45(31(3)4)54(72)64-24-18-23-40(64)52(70)62(10)42(26-36-19-14-12-15-20-36)50-58-38(28-76-50)46(66)57-34(7)49-59-39(29-75-49)51(69)61(41)9/h12-17,19-22,30-35,38-45,65H,18,23-29H2,1-11H3,(H,56,68)(H,57,66)(H,60,67)/t32-,33-,34-,35-,38+,39+,40+,41-,42?,43?,44-,45?/m1/s1. The minimum absolute atomic E-state index is 0.0399. The van der Waals surface area contributed by atoms with Gasteiger partial charge in [-0.15, -0.1) is 23.5 Å². The molecule has 3 unspecified atom stereocenters. The van der Waals surface area contributed by atoms with Crippen molar-refractivity contribution in [2.24, 2.45) is 27.7 Å². The van der Waals surface area contributed by atoms with Gasteiger partial charge in [-0.05, 0) is 76.3 Å². The van der Waals surface area contributed by atoms with Crippen molar-refractivity contribution in [1.29, 1.82) is 0 Å². The maximum Gasteiger partial charge on any atom is 0.311 e. The quantitative estimate of drug-likeness (QED) is 0.279. The molecule has 4 heterocycles. The number of fused-ring (bicyclic) bond motifs is 3. The summed E-state index contributed by atoms with van der Waals surface area (Å²) in [5.41, 5.74) is 1.62. The third-order valence-electron chi connectivity index (χ3n) is 14.7. The summed E-state index contributed by atoms with van der Waals surface area (Å²) in [6.07, 6.45) is -1.34. The second-order valence-electron chi connectivity index (χ2n) is 21.3. The van der Waals surface area contributed by atoms with Crippen molar-refractivity contribution >= 4 is 80.9 Å². The lowest BCUT2D eigenvalue weighted by molar-refractivity contribution is -0.166. The smallest absolute Gasteiger partial charge is 0.311 e. The van der Waals surface area contributed by atoms with E-state index in [-0.39, 0.29) is 42.9 Å². The third kappa shape index (κ3) is 14.4. The summed E-state index contributed by atoms with van der Waals surface area (Å²) in [7, 11) is 4.68. The molecule has 6 rings (SSSR count). The van der Waals surface area contributed by atoms with Crippen molar-refractivity contribution in [2.45, 2.75) is 154 Å². The Bertz CT molecular complexity index is 2500. The Labute approximate surface area is 455 Å². The number of amides is 7. The lowest BCUT2D eigenvalue weighted by atomic mass is 9.98. The molecule has 0 aromatic heterocycles. The molecule has 21 heteroatoms. The molecule has 0 saturated carbocycles. The Balaban J connectivity index is 1.37. The van der Waals surface area contributed by atoms with Gasteiger partial charge < -0.3 is 45.4 Å². The lowest BCUT2D eigenvalue weighted by Crippen LogP contribution is -2.59. The summed E-state index contributed by atoms with van der Waals surface area (Å²) >= 11 is 2.72. The van der Waals surface area contributed by atoms with Gasteiger partial charge in [0.2, 0.25) is 35.4 Å². The van der Waals surface area contributed by atoms with Crippen molar-refractivity contribution in [1.82, 2.24) is 35.6 Å². The van der Waals surface area contributed by atoms with Gasteiger partial charge in [0.15, 0.2) is 6.10 Å². The number of carbonyl (C=O) groups is 8. The van der Waals surface area contributed by atoms with Gasteiger partial charge in [0, 0.05) is 51.7 Å². The predicted octanol–water partition coefficient (Wildman–Crippen LogP) is 3.11. The number of benzene rings is 2. The van der Waals surface area contributed by atoms with Gasteiger partial charge in [0.05, 0.1) is 34.2 Å². The summed E-state index contributed by atoms with van der Waals surface area (Å²) in [5.74, 6) is -5.50. The molecule has 0 aliphatic carbocycles. The van der Waals surface area contributed by atoms with Gasteiger partial charge in [-0.3, -0.25) is 48.3 Å². The third-order valence-corrected chi connectivity index (χ3v) is 17.1. The molecule has 0 spiro atoms. The number of hydrogen-bond acceptors (Lipinski definition) is 14. The minimum atomic E-state index is -1.50. The topological polar surface area (TPSA) is 240 Å². The highest BCUT2D eigenvalue weighted by molar-refractivity contribution is 8.14. The van der Waals surface area contributed by atoms with Crippen LogP contribution in [0.25, 0.3) is 0 Å². The number of thioether (sulfide) groups is 2. The van der Waals surface area contributed by atoms with Crippen LogP contribution in [0.5, 0.6) is 0 Å². The number of rotatable bonds is 8. The Kier molecular flexibility index (Phi) is 20.7. The van der Waals surface area contributed by atoms with Gasteiger partial charge in [-0.1, -0.05) is 88.4 Å². The minimum Gasteiger partial charge on any atom is -0.452 e. The summed E-state index contributed by atoms with van der Waals surface area (Å²) in [5, 5.41) is 20.4. The van der Waals surface area contributed by atoms with E-state index in [1.165, 1.54) is 61.3 Å². The first-order valence-electron chi connectivity index (χ1n) is 26.4. The molecule has 1 saturated heterocycles. The largest absolute Gasteiger partial charge is 0.452 e. The van der Waals surface area contributed by atoms with Crippen LogP contribution in [-0.4, -0.2) is 188 Å². The average molecular weight is 1090 g/mol. The maximum atomic E-state index is 15.0. The summed E-state index contributed by atoms with van der Waals surface area (Å²) < 4.78 is 6.05. The van der Waals surface area contributed by atoms with Crippen LogP contribution in [0.1, 0.15) is 85.8 Å². The van der Waals surface area contributed by atoms with E-state index in [1.54, 1.807) is 55.0 Å². The highest BCUT2D eigenvalue weighted by atomic mass is 32.2. The van der Waals surface area contributed by atoms with Crippen LogP contribution in [0, 0.1) is 17.8 Å². The molecule has 0 radical (unpaired) electrons. The first kappa shape index (κ1) is 59.4. The molecular weight excluding hydrogens is 1010 g/mol. The number of aliphatic hydroxyl groups excluding tert-OH is 1. The molecule has 7 amide bonds. The molecule has 12 atom stereocenters. The fourth-order valence-corrected chi connectivity index (χ4v) is 12.2. The van der Waals surface area contributed by atoms with Crippen molar-refractivity contribution < 1.29 is 48.2 Å². The SMILES string of the molecule is CC(C)C[C@@H]1C(=O)N[C@H]([C@@H](C)O)C(=O)N[C@H](C)[C@@H](C)C(=O)OC(Cc2ccccc2)C(=O)N(C)C(C(C)C)C(=O)N2CCC[C@H]2C(=O)N(C)C(Cc2ccccc2)C2=N[C@@H](CS2)C(=O)N[C@H](C)C2=N[C@@H](CS2)C(=O)N1C. The number of esters is 1. The lowest BCUT2D eigenvalue weighted by Gasteiger charge is -2.38. The van der Waals surface area contributed by atoms with Crippen LogP contribution in [0.15, 0.2) is 70.6 Å². The molecule has 4 aliphatic heterocycles. The van der Waals surface area contributed by atoms with Crippen LogP contribution in [0.3, 0.4) is 0 Å². The monoisotopic (exact) mass is 1090 g/mol. The summed E-state index contributed by atoms with van der Waals surface area (Å²) in [4.78, 5) is 130. The van der Waals surface area contributed by atoms with E-state index in [4.69, 9.17) is 14.7 Å². The summed E-state index contributed by atoms with van der Waals surface area (Å²) in [6, 6.07) is 10.3. The van der Waals surface area contributed by atoms with E-state index in [0.717, 1.165) is 5.56 Å². The van der Waals surface area contributed by atoms with E-state index in [9.17, 15) is 43.5 Å².